The van der Waals surface area contributed by atoms with Gasteiger partial charge in [-0.15, -0.1) is 0 Å². The van der Waals surface area contributed by atoms with Gasteiger partial charge in [0.1, 0.15) is 0 Å². The number of pyridine rings is 1. The Morgan fingerprint density at radius 3 is 2.67 bits per heavy atom. The fraction of sp³-hybridized carbons (Fsp3) is 0.500. The molecule has 66 valence electrons. The van der Waals surface area contributed by atoms with Gasteiger partial charge in [-0.3, -0.25) is 4.98 Å². The zero-order valence-electron chi connectivity index (χ0n) is 7.76. The van der Waals surface area contributed by atoms with Gasteiger partial charge in [0.15, 0.2) is 0 Å². The van der Waals surface area contributed by atoms with Crippen LogP contribution in [0.5, 0.6) is 0 Å². The summed E-state index contributed by atoms with van der Waals surface area (Å²) in [6, 6.07) is 2.00. The topological polar surface area (TPSA) is 12.9 Å². The second kappa shape index (κ2) is 3.90. The van der Waals surface area contributed by atoms with E-state index in [9.17, 15) is 0 Å². The number of hydrogen-bond acceptors (Lipinski definition) is 1. The van der Waals surface area contributed by atoms with Gasteiger partial charge in [0.05, 0.1) is 10.7 Å². The minimum atomic E-state index is 0.658. The zero-order valence-corrected chi connectivity index (χ0v) is 8.52. The van der Waals surface area contributed by atoms with Gasteiger partial charge in [0.25, 0.3) is 0 Å². The van der Waals surface area contributed by atoms with E-state index in [0.717, 1.165) is 17.1 Å². The number of aryl methyl sites for hydroxylation is 1. The van der Waals surface area contributed by atoms with Crippen LogP contribution in [0.25, 0.3) is 0 Å². The molecule has 0 atom stereocenters. The third-order valence-electron chi connectivity index (χ3n) is 1.73. The van der Waals surface area contributed by atoms with Crippen LogP contribution in [0.4, 0.5) is 0 Å². The third-order valence-corrected chi connectivity index (χ3v) is 2.11. The zero-order chi connectivity index (χ0) is 9.14. The summed E-state index contributed by atoms with van der Waals surface area (Å²) in [4.78, 5) is 4.20. The Morgan fingerprint density at radius 1 is 1.50 bits per heavy atom. The molecule has 0 aliphatic rings. The molecule has 1 heterocycles. The lowest BCUT2D eigenvalue weighted by Gasteiger charge is -2.05. The molecular formula is C10H14ClN. The second-order valence-electron chi connectivity index (χ2n) is 3.51. The molecule has 0 unspecified atom stereocenters. The third kappa shape index (κ3) is 2.49. The normalized spacial score (nSPS) is 10.8. The highest BCUT2D eigenvalue weighted by atomic mass is 35.5. The van der Waals surface area contributed by atoms with Crippen LogP contribution >= 0.6 is 11.6 Å². The highest BCUT2D eigenvalue weighted by Gasteiger charge is 2.01. The Labute approximate surface area is 78.8 Å². The predicted octanol–water partition coefficient (Wildman–Crippen LogP) is 3.24. The van der Waals surface area contributed by atoms with E-state index in [2.05, 4.69) is 18.8 Å². The van der Waals surface area contributed by atoms with Crippen LogP contribution in [0.2, 0.25) is 5.02 Å². The van der Waals surface area contributed by atoms with Crippen molar-refractivity contribution in [1.82, 2.24) is 4.98 Å². The summed E-state index contributed by atoms with van der Waals surface area (Å²) in [6.07, 6.45) is 2.95. The largest absolute Gasteiger partial charge is 0.260 e. The number of nitrogens with zero attached hydrogens (tertiary/aromatic N) is 1. The van der Waals surface area contributed by atoms with E-state index in [4.69, 9.17) is 11.6 Å². The molecule has 0 amide bonds. The minimum Gasteiger partial charge on any atom is -0.260 e. The maximum Gasteiger partial charge on any atom is 0.0621 e. The summed E-state index contributed by atoms with van der Waals surface area (Å²) in [5.41, 5.74) is 2.13. The minimum absolute atomic E-state index is 0.658. The van der Waals surface area contributed by atoms with E-state index in [1.165, 1.54) is 5.56 Å². The molecule has 1 nitrogen and oxygen atoms in total. The SMILES string of the molecule is Cc1ncc(CC(C)C)cc1Cl. The summed E-state index contributed by atoms with van der Waals surface area (Å²) < 4.78 is 0. The van der Waals surface area contributed by atoms with E-state index >= 15 is 0 Å². The van der Waals surface area contributed by atoms with Crippen molar-refractivity contribution in [1.29, 1.82) is 0 Å². The molecule has 0 fully saturated rings. The first kappa shape index (κ1) is 9.53. The fourth-order valence-corrected chi connectivity index (χ4v) is 1.32. The first-order valence-electron chi connectivity index (χ1n) is 4.20. The van der Waals surface area contributed by atoms with Crippen molar-refractivity contribution in [2.24, 2.45) is 5.92 Å². The van der Waals surface area contributed by atoms with Gasteiger partial charge in [-0.05, 0) is 30.9 Å². The predicted molar refractivity (Wildman–Crippen MR) is 52.5 cm³/mol. The first-order valence-corrected chi connectivity index (χ1v) is 4.58. The van der Waals surface area contributed by atoms with Crippen LogP contribution in [0.3, 0.4) is 0 Å². The Balaban J connectivity index is 2.82. The molecule has 2 heteroatoms. The number of aromatic nitrogens is 1. The lowest BCUT2D eigenvalue weighted by molar-refractivity contribution is 0.645. The molecule has 0 N–H and O–H groups in total. The monoisotopic (exact) mass is 183 g/mol. The molecule has 0 radical (unpaired) electrons. The van der Waals surface area contributed by atoms with Crippen molar-refractivity contribution in [2.75, 3.05) is 0 Å². The molecule has 12 heavy (non-hydrogen) atoms. The van der Waals surface area contributed by atoms with Crippen molar-refractivity contribution in [3.8, 4) is 0 Å². The van der Waals surface area contributed by atoms with Gasteiger partial charge in [0.2, 0.25) is 0 Å². The molecule has 1 rings (SSSR count). The van der Waals surface area contributed by atoms with Crippen LogP contribution in [0.1, 0.15) is 25.1 Å². The second-order valence-corrected chi connectivity index (χ2v) is 3.92. The smallest absolute Gasteiger partial charge is 0.0621 e. The lowest BCUT2D eigenvalue weighted by atomic mass is 10.0. The standard InChI is InChI=1S/C10H14ClN/c1-7(2)4-9-5-10(11)8(3)12-6-9/h5-7H,4H2,1-3H3. The van der Waals surface area contributed by atoms with Gasteiger partial charge in [-0.2, -0.15) is 0 Å². The molecule has 1 aromatic rings. The Bertz CT molecular complexity index is 269. The average molecular weight is 184 g/mol. The molecule has 0 aliphatic heterocycles. The molecule has 0 aromatic carbocycles. The summed E-state index contributed by atoms with van der Waals surface area (Å²) >= 11 is 5.93. The summed E-state index contributed by atoms with van der Waals surface area (Å²) in [7, 11) is 0. The van der Waals surface area contributed by atoms with Gasteiger partial charge in [0, 0.05) is 6.20 Å². The summed E-state index contributed by atoms with van der Waals surface area (Å²) in [5.74, 6) is 0.658. The number of rotatable bonds is 2. The number of hydrogen-bond donors (Lipinski definition) is 0. The molecule has 0 saturated carbocycles. The molecule has 0 spiro atoms. The molecular weight excluding hydrogens is 170 g/mol. The Kier molecular flexibility index (Phi) is 3.10. The molecule has 1 aromatic heterocycles. The Morgan fingerprint density at radius 2 is 2.17 bits per heavy atom. The van der Waals surface area contributed by atoms with Crippen LogP contribution in [0, 0.1) is 12.8 Å². The van der Waals surface area contributed by atoms with Crippen molar-refractivity contribution in [2.45, 2.75) is 27.2 Å². The molecule has 0 aliphatic carbocycles. The highest BCUT2D eigenvalue weighted by Crippen LogP contribution is 2.16. The quantitative estimate of drug-likeness (QED) is 0.686. The van der Waals surface area contributed by atoms with E-state index in [1.807, 2.05) is 19.2 Å². The van der Waals surface area contributed by atoms with Gasteiger partial charge >= 0.3 is 0 Å². The summed E-state index contributed by atoms with van der Waals surface area (Å²) in [5, 5.41) is 0.771. The van der Waals surface area contributed by atoms with Crippen molar-refractivity contribution >= 4 is 11.6 Å². The van der Waals surface area contributed by atoms with E-state index in [-0.39, 0.29) is 0 Å². The number of halogens is 1. The maximum atomic E-state index is 5.93. The highest BCUT2D eigenvalue weighted by molar-refractivity contribution is 6.31. The molecule has 0 bridgehead atoms. The summed E-state index contributed by atoms with van der Waals surface area (Å²) in [6.45, 7) is 6.29. The first-order chi connectivity index (χ1) is 5.59. The van der Waals surface area contributed by atoms with E-state index < -0.39 is 0 Å². The van der Waals surface area contributed by atoms with E-state index in [0.29, 0.717) is 5.92 Å². The van der Waals surface area contributed by atoms with Crippen LogP contribution < -0.4 is 0 Å². The van der Waals surface area contributed by atoms with Crippen molar-refractivity contribution in [3.63, 3.8) is 0 Å². The van der Waals surface area contributed by atoms with E-state index in [1.54, 1.807) is 0 Å². The molecule has 0 saturated heterocycles. The van der Waals surface area contributed by atoms with Gasteiger partial charge < -0.3 is 0 Å². The Hall–Kier alpha value is -0.560. The lowest BCUT2D eigenvalue weighted by Crippen LogP contribution is -1.95. The van der Waals surface area contributed by atoms with Crippen molar-refractivity contribution < 1.29 is 0 Å². The van der Waals surface area contributed by atoms with Crippen LogP contribution in [-0.4, -0.2) is 4.98 Å². The van der Waals surface area contributed by atoms with Gasteiger partial charge in [-0.25, -0.2) is 0 Å². The van der Waals surface area contributed by atoms with Crippen LogP contribution in [-0.2, 0) is 6.42 Å². The van der Waals surface area contributed by atoms with Crippen molar-refractivity contribution in [3.05, 3.63) is 28.5 Å². The van der Waals surface area contributed by atoms with Gasteiger partial charge in [-0.1, -0.05) is 25.4 Å². The van der Waals surface area contributed by atoms with Crippen LogP contribution in [0.15, 0.2) is 12.3 Å². The fourth-order valence-electron chi connectivity index (χ4n) is 1.13. The maximum absolute atomic E-state index is 5.93. The average Bonchev–Trinajstić information content (AvgIpc) is 1.96.